The van der Waals surface area contributed by atoms with Gasteiger partial charge in [0.2, 0.25) is 0 Å². The fourth-order valence-electron chi connectivity index (χ4n) is 2.17. The van der Waals surface area contributed by atoms with Crippen LogP contribution in [-0.2, 0) is 0 Å². The molecule has 1 saturated carbocycles. The second-order valence-corrected chi connectivity index (χ2v) is 4.20. The van der Waals surface area contributed by atoms with E-state index in [0.29, 0.717) is 11.9 Å². The fourth-order valence-corrected chi connectivity index (χ4v) is 2.17. The highest BCUT2D eigenvalue weighted by Crippen LogP contribution is 2.24. The first-order valence-electron chi connectivity index (χ1n) is 5.58. The molecule has 1 aliphatic rings. The first-order valence-corrected chi connectivity index (χ1v) is 5.58. The largest absolute Gasteiger partial charge is 0.382 e. The minimum absolute atomic E-state index is 0.482. The standard InChI is InChI=1S/C11H18N4/c1-15(9-5-3-2-4-6-9)11-8-13-10(12)7-14-11/h7-9H,2-6H2,1H3,(H2,12,13). The van der Waals surface area contributed by atoms with Crippen molar-refractivity contribution in [2.45, 2.75) is 38.1 Å². The molecule has 1 heterocycles. The lowest BCUT2D eigenvalue weighted by Crippen LogP contribution is -2.33. The third-order valence-corrected chi connectivity index (χ3v) is 3.14. The maximum absolute atomic E-state index is 5.51. The Morgan fingerprint density at radius 1 is 1.20 bits per heavy atom. The molecule has 1 aliphatic carbocycles. The maximum atomic E-state index is 5.51. The third-order valence-electron chi connectivity index (χ3n) is 3.14. The number of rotatable bonds is 2. The topological polar surface area (TPSA) is 55.0 Å². The van der Waals surface area contributed by atoms with Crippen LogP contribution in [0.5, 0.6) is 0 Å². The summed E-state index contributed by atoms with van der Waals surface area (Å²) in [6, 6.07) is 0.622. The second-order valence-electron chi connectivity index (χ2n) is 4.20. The van der Waals surface area contributed by atoms with Crippen molar-refractivity contribution < 1.29 is 0 Å². The molecule has 0 saturated heterocycles. The van der Waals surface area contributed by atoms with E-state index in [1.54, 1.807) is 12.4 Å². The summed E-state index contributed by atoms with van der Waals surface area (Å²) in [4.78, 5) is 10.6. The minimum atomic E-state index is 0.482. The van der Waals surface area contributed by atoms with Gasteiger partial charge in [-0.25, -0.2) is 9.97 Å². The van der Waals surface area contributed by atoms with E-state index in [2.05, 4.69) is 21.9 Å². The molecule has 1 aromatic rings. The molecular weight excluding hydrogens is 188 g/mol. The molecule has 2 N–H and O–H groups in total. The van der Waals surface area contributed by atoms with Crippen LogP contribution in [0, 0.1) is 0 Å². The number of hydrogen-bond acceptors (Lipinski definition) is 4. The molecule has 0 bridgehead atoms. The molecule has 4 heteroatoms. The Labute approximate surface area is 90.5 Å². The number of anilines is 2. The van der Waals surface area contributed by atoms with Crippen molar-refractivity contribution in [3.63, 3.8) is 0 Å². The molecule has 0 unspecified atom stereocenters. The average molecular weight is 206 g/mol. The molecule has 0 atom stereocenters. The van der Waals surface area contributed by atoms with Crippen molar-refractivity contribution in [1.29, 1.82) is 0 Å². The van der Waals surface area contributed by atoms with Crippen LogP contribution in [0.3, 0.4) is 0 Å². The number of hydrogen-bond donors (Lipinski definition) is 1. The zero-order chi connectivity index (χ0) is 10.7. The molecule has 4 nitrogen and oxygen atoms in total. The molecule has 0 aliphatic heterocycles. The monoisotopic (exact) mass is 206 g/mol. The van der Waals surface area contributed by atoms with Crippen molar-refractivity contribution in [3.05, 3.63) is 12.4 Å². The van der Waals surface area contributed by atoms with Gasteiger partial charge in [-0.05, 0) is 12.8 Å². The Balaban J connectivity index is 2.05. The molecule has 15 heavy (non-hydrogen) atoms. The van der Waals surface area contributed by atoms with E-state index in [9.17, 15) is 0 Å². The van der Waals surface area contributed by atoms with Crippen LogP contribution in [-0.4, -0.2) is 23.1 Å². The SMILES string of the molecule is CN(c1cnc(N)cn1)C1CCCCC1. The molecular formula is C11H18N4. The number of nitrogen functional groups attached to an aromatic ring is 1. The molecule has 82 valence electrons. The van der Waals surface area contributed by atoms with Gasteiger partial charge in [-0.15, -0.1) is 0 Å². The van der Waals surface area contributed by atoms with Crippen molar-refractivity contribution >= 4 is 11.6 Å². The molecule has 1 fully saturated rings. The van der Waals surface area contributed by atoms with Crippen molar-refractivity contribution in [3.8, 4) is 0 Å². The van der Waals surface area contributed by atoms with Gasteiger partial charge in [0.15, 0.2) is 0 Å². The summed E-state index contributed by atoms with van der Waals surface area (Å²) < 4.78 is 0. The Hall–Kier alpha value is -1.32. The van der Waals surface area contributed by atoms with Crippen LogP contribution in [0.2, 0.25) is 0 Å². The van der Waals surface area contributed by atoms with E-state index in [1.165, 1.54) is 32.1 Å². The van der Waals surface area contributed by atoms with E-state index in [4.69, 9.17) is 5.73 Å². The van der Waals surface area contributed by atoms with Crippen LogP contribution in [0.4, 0.5) is 11.6 Å². The zero-order valence-electron chi connectivity index (χ0n) is 9.19. The van der Waals surface area contributed by atoms with Gasteiger partial charge in [-0.3, -0.25) is 0 Å². The van der Waals surface area contributed by atoms with Gasteiger partial charge in [0.05, 0.1) is 12.4 Å². The Bertz CT molecular complexity index is 303. The van der Waals surface area contributed by atoms with Gasteiger partial charge < -0.3 is 10.6 Å². The van der Waals surface area contributed by atoms with Gasteiger partial charge in [-0.2, -0.15) is 0 Å². The summed E-state index contributed by atoms with van der Waals surface area (Å²) in [7, 11) is 2.09. The summed E-state index contributed by atoms with van der Waals surface area (Å²) in [6.07, 6.45) is 9.94. The minimum Gasteiger partial charge on any atom is -0.382 e. The van der Waals surface area contributed by atoms with Gasteiger partial charge in [0, 0.05) is 13.1 Å². The highest BCUT2D eigenvalue weighted by atomic mass is 15.2. The zero-order valence-corrected chi connectivity index (χ0v) is 9.19. The summed E-state index contributed by atoms with van der Waals surface area (Å²) in [5.74, 6) is 1.41. The van der Waals surface area contributed by atoms with Crippen LogP contribution in [0.1, 0.15) is 32.1 Å². The molecule has 0 radical (unpaired) electrons. The van der Waals surface area contributed by atoms with E-state index in [-0.39, 0.29) is 0 Å². The van der Waals surface area contributed by atoms with Crippen LogP contribution in [0.15, 0.2) is 12.4 Å². The number of nitrogens with two attached hydrogens (primary N) is 1. The molecule has 2 rings (SSSR count). The van der Waals surface area contributed by atoms with E-state index in [0.717, 1.165) is 5.82 Å². The summed E-state index contributed by atoms with van der Waals surface area (Å²) >= 11 is 0. The van der Waals surface area contributed by atoms with Crippen LogP contribution < -0.4 is 10.6 Å². The first-order chi connectivity index (χ1) is 7.27. The number of nitrogens with zero attached hydrogens (tertiary/aromatic N) is 3. The van der Waals surface area contributed by atoms with Gasteiger partial charge in [-0.1, -0.05) is 19.3 Å². The normalized spacial score (nSPS) is 17.7. The van der Waals surface area contributed by atoms with Crippen LogP contribution >= 0.6 is 0 Å². The third kappa shape index (κ3) is 2.37. The highest BCUT2D eigenvalue weighted by molar-refractivity contribution is 5.39. The maximum Gasteiger partial charge on any atom is 0.147 e. The Morgan fingerprint density at radius 3 is 2.53 bits per heavy atom. The lowest BCUT2D eigenvalue weighted by molar-refractivity contribution is 0.426. The highest BCUT2D eigenvalue weighted by Gasteiger charge is 2.18. The first kappa shape index (κ1) is 10.2. The molecule has 0 spiro atoms. The van der Waals surface area contributed by atoms with Crippen molar-refractivity contribution in [2.75, 3.05) is 17.7 Å². The predicted octanol–water partition coefficient (Wildman–Crippen LogP) is 1.83. The van der Waals surface area contributed by atoms with Crippen molar-refractivity contribution in [1.82, 2.24) is 9.97 Å². The summed E-state index contributed by atoms with van der Waals surface area (Å²) in [5.41, 5.74) is 5.51. The van der Waals surface area contributed by atoms with E-state index < -0.39 is 0 Å². The Kier molecular flexibility index (Phi) is 3.04. The van der Waals surface area contributed by atoms with Gasteiger partial charge in [0.1, 0.15) is 11.6 Å². The quantitative estimate of drug-likeness (QED) is 0.802. The molecule has 1 aromatic heterocycles. The smallest absolute Gasteiger partial charge is 0.147 e. The van der Waals surface area contributed by atoms with Crippen LogP contribution in [0.25, 0.3) is 0 Å². The fraction of sp³-hybridized carbons (Fsp3) is 0.636. The molecule has 0 aromatic carbocycles. The van der Waals surface area contributed by atoms with Gasteiger partial charge in [0.25, 0.3) is 0 Å². The second kappa shape index (κ2) is 4.47. The number of aromatic nitrogens is 2. The summed E-state index contributed by atoms with van der Waals surface area (Å²) in [6.45, 7) is 0. The Morgan fingerprint density at radius 2 is 1.93 bits per heavy atom. The summed E-state index contributed by atoms with van der Waals surface area (Å²) in [5, 5.41) is 0. The lowest BCUT2D eigenvalue weighted by Gasteiger charge is -2.31. The average Bonchev–Trinajstić information content (AvgIpc) is 2.30. The van der Waals surface area contributed by atoms with Crippen molar-refractivity contribution in [2.24, 2.45) is 0 Å². The van der Waals surface area contributed by atoms with E-state index >= 15 is 0 Å². The molecule has 0 amide bonds. The lowest BCUT2D eigenvalue weighted by atomic mass is 9.94. The van der Waals surface area contributed by atoms with E-state index in [1.807, 2.05) is 0 Å². The predicted molar refractivity (Wildman–Crippen MR) is 61.7 cm³/mol. The van der Waals surface area contributed by atoms with Gasteiger partial charge >= 0.3 is 0 Å².